The summed E-state index contributed by atoms with van der Waals surface area (Å²) in [6, 6.07) is 1.79. The molecule has 0 aliphatic carbocycles. The second-order valence-electron chi connectivity index (χ2n) is 2.42. The summed E-state index contributed by atoms with van der Waals surface area (Å²) in [4.78, 5) is 0. The predicted molar refractivity (Wildman–Crippen MR) is 52.2 cm³/mol. The summed E-state index contributed by atoms with van der Waals surface area (Å²) in [5.74, 6) is 0. The van der Waals surface area contributed by atoms with Gasteiger partial charge in [0.2, 0.25) is 0 Å². The lowest BCUT2D eigenvalue weighted by Gasteiger charge is -1.99. The van der Waals surface area contributed by atoms with Crippen molar-refractivity contribution in [3.05, 3.63) is 21.7 Å². The minimum absolute atomic E-state index is 0.563. The van der Waals surface area contributed by atoms with E-state index in [-0.39, 0.29) is 0 Å². The Balaban J connectivity index is 2.94. The van der Waals surface area contributed by atoms with Crippen molar-refractivity contribution >= 4 is 45.0 Å². The summed E-state index contributed by atoms with van der Waals surface area (Å²) in [6.45, 7) is 1.89. The van der Waals surface area contributed by atoms with Gasteiger partial charge in [-0.2, -0.15) is 0 Å². The average molecular weight is 219 g/mol. The molecule has 5 heteroatoms. The quantitative estimate of drug-likeness (QED) is 0.679. The van der Waals surface area contributed by atoms with E-state index < -0.39 is 0 Å². The van der Waals surface area contributed by atoms with Crippen LogP contribution < -0.4 is 0 Å². The molecule has 0 amide bonds. The van der Waals surface area contributed by atoms with Crippen LogP contribution in [0.5, 0.6) is 0 Å². The average Bonchev–Trinajstić information content (AvgIpc) is 2.48. The number of fused-ring (bicyclic) bond motifs is 1. The summed E-state index contributed by atoms with van der Waals surface area (Å²) in [7, 11) is 0. The maximum absolute atomic E-state index is 5.92. The molecule has 0 atom stereocenters. The molecule has 62 valence electrons. The Labute approximate surface area is 83.3 Å². The highest BCUT2D eigenvalue weighted by Gasteiger charge is 2.09. The molecule has 12 heavy (non-hydrogen) atoms. The lowest BCUT2D eigenvalue weighted by Crippen LogP contribution is -1.79. The van der Waals surface area contributed by atoms with Gasteiger partial charge in [-0.1, -0.05) is 27.7 Å². The summed E-state index contributed by atoms with van der Waals surface area (Å²) in [5, 5.41) is 5.07. The van der Waals surface area contributed by atoms with E-state index in [4.69, 9.17) is 23.2 Å². The fraction of sp³-hybridized carbons (Fsp3) is 0.143. The van der Waals surface area contributed by atoms with Gasteiger partial charge in [0.1, 0.15) is 5.52 Å². The normalized spacial score (nSPS) is 10.9. The molecule has 0 saturated heterocycles. The van der Waals surface area contributed by atoms with Crippen molar-refractivity contribution < 1.29 is 0 Å². The largest absolute Gasteiger partial charge is 0.138 e. The van der Waals surface area contributed by atoms with Crippen LogP contribution in [0.3, 0.4) is 0 Å². The number of rotatable bonds is 0. The number of benzene rings is 1. The predicted octanol–water partition coefficient (Wildman–Crippen LogP) is 3.31. The van der Waals surface area contributed by atoms with E-state index in [9.17, 15) is 0 Å². The van der Waals surface area contributed by atoms with E-state index >= 15 is 0 Å². The van der Waals surface area contributed by atoms with E-state index in [1.54, 1.807) is 6.07 Å². The summed E-state index contributed by atoms with van der Waals surface area (Å²) < 4.78 is 4.79. The second kappa shape index (κ2) is 2.83. The Hall–Kier alpha value is -0.380. The lowest BCUT2D eigenvalue weighted by molar-refractivity contribution is 1.19. The molecule has 0 N–H and O–H groups in total. The molecule has 0 bridgehead atoms. The number of halogens is 2. The van der Waals surface area contributed by atoms with Crippen molar-refractivity contribution in [1.29, 1.82) is 0 Å². The molecule has 1 heterocycles. The van der Waals surface area contributed by atoms with Gasteiger partial charge in [0.15, 0.2) is 0 Å². The molecule has 0 aliphatic rings. The number of nitrogens with zero attached hydrogens (tertiary/aromatic N) is 2. The van der Waals surface area contributed by atoms with Crippen molar-refractivity contribution in [2.45, 2.75) is 6.92 Å². The summed E-state index contributed by atoms with van der Waals surface area (Å²) in [6.07, 6.45) is 0. The van der Waals surface area contributed by atoms with Crippen LogP contribution in [0.2, 0.25) is 10.0 Å². The molecule has 0 unspecified atom stereocenters. The van der Waals surface area contributed by atoms with Gasteiger partial charge in [0.25, 0.3) is 0 Å². The van der Waals surface area contributed by atoms with Gasteiger partial charge in [-0.15, -0.1) is 5.10 Å². The molecule has 2 aromatic rings. The maximum Gasteiger partial charge on any atom is 0.110 e. The second-order valence-corrected chi connectivity index (χ2v) is 3.99. The van der Waals surface area contributed by atoms with Crippen LogP contribution in [-0.4, -0.2) is 9.59 Å². The zero-order chi connectivity index (χ0) is 8.72. The first kappa shape index (κ1) is 8.23. The fourth-order valence-corrected chi connectivity index (χ4v) is 2.13. The van der Waals surface area contributed by atoms with E-state index in [1.165, 1.54) is 11.5 Å². The van der Waals surface area contributed by atoms with Crippen molar-refractivity contribution in [3.8, 4) is 0 Å². The molecule has 0 aliphatic heterocycles. The summed E-state index contributed by atoms with van der Waals surface area (Å²) in [5.41, 5.74) is 1.74. The van der Waals surface area contributed by atoms with E-state index in [0.29, 0.717) is 10.0 Å². The van der Waals surface area contributed by atoms with Crippen LogP contribution in [0.25, 0.3) is 10.2 Å². The van der Waals surface area contributed by atoms with E-state index in [0.717, 1.165) is 15.8 Å². The first-order chi connectivity index (χ1) is 5.70. The Morgan fingerprint density at radius 3 is 2.92 bits per heavy atom. The number of aryl methyl sites for hydroxylation is 1. The standard InChI is InChI=1S/C7H4Cl2N2S/c1-3-6(9)4(8)2-5-7(3)10-11-12-5/h2H,1H3. The third-order valence-electron chi connectivity index (χ3n) is 1.67. The number of aromatic nitrogens is 2. The van der Waals surface area contributed by atoms with Gasteiger partial charge in [-0.05, 0) is 30.1 Å². The highest BCUT2D eigenvalue weighted by Crippen LogP contribution is 2.32. The third kappa shape index (κ3) is 1.09. The van der Waals surface area contributed by atoms with Gasteiger partial charge in [0.05, 0.1) is 14.7 Å². The minimum atomic E-state index is 0.563. The highest BCUT2D eigenvalue weighted by atomic mass is 35.5. The Bertz CT molecular complexity index is 438. The molecular weight excluding hydrogens is 215 g/mol. The molecule has 0 fully saturated rings. The number of hydrogen-bond acceptors (Lipinski definition) is 3. The smallest absolute Gasteiger partial charge is 0.110 e. The van der Waals surface area contributed by atoms with Crippen LogP contribution in [-0.2, 0) is 0 Å². The molecule has 2 rings (SSSR count). The van der Waals surface area contributed by atoms with Gasteiger partial charge in [0, 0.05) is 0 Å². The fourth-order valence-electron chi connectivity index (χ4n) is 1.01. The van der Waals surface area contributed by atoms with Crippen LogP contribution in [0, 0.1) is 6.92 Å². The molecule has 0 saturated carbocycles. The molecule has 2 nitrogen and oxygen atoms in total. The highest BCUT2D eigenvalue weighted by molar-refractivity contribution is 7.13. The number of hydrogen-bond donors (Lipinski definition) is 0. The van der Waals surface area contributed by atoms with Gasteiger partial charge < -0.3 is 0 Å². The summed E-state index contributed by atoms with van der Waals surface area (Å²) >= 11 is 13.1. The van der Waals surface area contributed by atoms with E-state index in [2.05, 4.69) is 9.59 Å². The van der Waals surface area contributed by atoms with Gasteiger partial charge >= 0.3 is 0 Å². The van der Waals surface area contributed by atoms with Crippen molar-refractivity contribution in [2.75, 3.05) is 0 Å². The first-order valence-corrected chi connectivity index (χ1v) is 4.79. The topological polar surface area (TPSA) is 25.8 Å². The van der Waals surface area contributed by atoms with E-state index in [1.807, 2.05) is 6.92 Å². The van der Waals surface area contributed by atoms with Crippen LogP contribution >= 0.6 is 34.7 Å². The molecular formula is C7H4Cl2N2S. The van der Waals surface area contributed by atoms with Gasteiger partial charge in [-0.25, -0.2) is 0 Å². The van der Waals surface area contributed by atoms with Gasteiger partial charge in [-0.3, -0.25) is 0 Å². The third-order valence-corrected chi connectivity index (χ3v) is 3.22. The zero-order valence-electron chi connectivity index (χ0n) is 6.14. The van der Waals surface area contributed by atoms with Crippen molar-refractivity contribution in [1.82, 2.24) is 9.59 Å². The van der Waals surface area contributed by atoms with Crippen LogP contribution in [0.1, 0.15) is 5.56 Å². The molecule has 1 aromatic heterocycles. The zero-order valence-corrected chi connectivity index (χ0v) is 8.46. The Kier molecular flexibility index (Phi) is 1.94. The molecule has 1 aromatic carbocycles. The maximum atomic E-state index is 5.92. The SMILES string of the molecule is Cc1c(Cl)c(Cl)cc2snnc12. The Morgan fingerprint density at radius 1 is 1.42 bits per heavy atom. The monoisotopic (exact) mass is 218 g/mol. The lowest BCUT2D eigenvalue weighted by atomic mass is 10.2. The van der Waals surface area contributed by atoms with Crippen molar-refractivity contribution in [3.63, 3.8) is 0 Å². The molecule has 0 radical (unpaired) electrons. The first-order valence-electron chi connectivity index (χ1n) is 3.27. The van der Waals surface area contributed by atoms with Crippen molar-refractivity contribution in [2.24, 2.45) is 0 Å². The van der Waals surface area contributed by atoms with Crippen LogP contribution in [0.15, 0.2) is 6.07 Å². The Morgan fingerprint density at radius 2 is 2.17 bits per heavy atom. The minimum Gasteiger partial charge on any atom is -0.138 e. The van der Waals surface area contributed by atoms with Crippen LogP contribution in [0.4, 0.5) is 0 Å². The molecule has 0 spiro atoms.